The largest absolute Gasteiger partial charge is 0.497 e. The molecule has 0 aliphatic carbocycles. The van der Waals surface area contributed by atoms with Gasteiger partial charge in [0.2, 0.25) is 0 Å². The smallest absolute Gasteiger partial charge is 0.254 e. The molecule has 2 saturated heterocycles. The van der Waals surface area contributed by atoms with Crippen molar-refractivity contribution in [3.63, 3.8) is 0 Å². The molecule has 0 amide bonds. The van der Waals surface area contributed by atoms with E-state index < -0.39 is 0 Å². The van der Waals surface area contributed by atoms with Crippen molar-refractivity contribution in [3.05, 3.63) is 41.9 Å². The van der Waals surface area contributed by atoms with Gasteiger partial charge in [-0.2, -0.15) is 9.50 Å². The summed E-state index contributed by atoms with van der Waals surface area (Å²) in [6, 6.07) is 10.5. The van der Waals surface area contributed by atoms with Crippen molar-refractivity contribution in [3.8, 4) is 5.75 Å². The fourth-order valence-electron chi connectivity index (χ4n) is 4.58. The summed E-state index contributed by atoms with van der Waals surface area (Å²) in [5, 5.41) is 4.85. The number of aromatic nitrogens is 4. The Labute approximate surface area is 183 Å². The van der Waals surface area contributed by atoms with Crippen LogP contribution in [-0.2, 0) is 6.54 Å². The molecule has 3 aromatic rings. The normalized spacial score (nSPS) is 18.0. The van der Waals surface area contributed by atoms with Crippen molar-refractivity contribution < 1.29 is 4.74 Å². The lowest BCUT2D eigenvalue weighted by atomic mass is 10.1. The maximum atomic E-state index is 5.27. The van der Waals surface area contributed by atoms with Crippen LogP contribution in [0.3, 0.4) is 0 Å². The zero-order valence-electron chi connectivity index (χ0n) is 18.5. The second kappa shape index (κ2) is 8.70. The van der Waals surface area contributed by atoms with E-state index in [1.54, 1.807) is 7.11 Å². The Morgan fingerprint density at radius 2 is 1.61 bits per heavy atom. The summed E-state index contributed by atoms with van der Waals surface area (Å²) >= 11 is 0. The molecule has 2 aromatic heterocycles. The summed E-state index contributed by atoms with van der Waals surface area (Å²) in [5.74, 6) is 3.60. The number of rotatable bonds is 5. The minimum Gasteiger partial charge on any atom is -0.497 e. The lowest BCUT2D eigenvalue weighted by Crippen LogP contribution is -2.46. The summed E-state index contributed by atoms with van der Waals surface area (Å²) in [5.41, 5.74) is 2.25. The van der Waals surface area contributed by atoms with Crippen LogP contribution in [0.5, 0.6) is 5.75 Å². The van der Waals surface area contributed by atoms with Gasteiger partial charge in [0.15, 0.2) is 5.82 Å². The van der Waals surface area contributed by atoms with Crippen LogP contribution in [0.4, 0.5) is 11.5 Å². The van der Waals surface area contributed by atoms with Gasteiger partial charge in [0.25, 0.3) is 5.78 Å². The molecular formula is C23H31N7O. The molecule has 2 fully saturated rings. The van der Waals surface area contributed by atoms with E-state index in [1.807, 2.05) is 23.6 Å². The fraction of sp³-hybridized carbons (Fsp3) is 0.522. The summed E-state index contributed by atoms with van der Waals surface area (Å²) in [6.07, 6.45) is 3.79. The third-order valence-corrected chi connectivity index (χ3v) is 6.32. The lowest BCUT2D eigenvalue weighted by molar-refractivity contribution is 0.244. The summed E-state index contributed by atoms with van der Waals surface area (Å²) in [4.78, 5) is 16.7. The molecule has 4 heterocycles. The van der Waals surface area contributed by atoms with Crippen molar-refractivity contribution in [2.24, 2.45) is 0 Å². The summed E-state index contributed by atoms with van der Waals surface area (Å²) < 4.78 is 7.21. The van der Waals surface area contributed by atoms with Crippen LogP contribution in [0.25, 0.3) is 5.78 Å². The zero-order chi connectivity index (χ0) is 21.2. The van der Waals surface area contributed by atoms with Crippen molar-refractivity contribution in [2.45, 2.75) is 32.7 Å². The van der Waals surface area contributed by atoms with E-state index in [2.05, 4.69) is 37.9 Å². The first-order valence-corrected chi connectivity index (χ1v) is 11.3. The number of aryl methyl sites for hydroxylation is 1. The van der Waals surface area contributed by atoms with Gasteiger partial charge in [-0.15, -0.1) is 5.10 Å². The van der Waals surface area contributed by atoms with Crippen LogP contribution in [0.2, 0.25) is 0 Å². The SMILES string of the molecule is COc1ccc(N2CCN(Cc3nc4nc(C)cc(N5CCCCC5)n4n3)CC2)cc1. The van der Waals surface area contributed by atoms with E-state index in [4.69, 9.17) is 14.8 Å². The van der Waals surface area contributed by atoms with Crippen molar-refractivity contribution >= 4 is 17.3 Å². The number of ether oxygens (including phenoxy) is 1. The van der Waals surface area contributed by atoms with Crippen LogP contribution in [0.15, 0.2) is 30.3 Å². The first-order valence-electron chi connectivity index (χ1n) is 11.3. The maximum Gasteiger partial charge on any atom is 0.254 e. The van der Waals surface area contributed by atoms with E-state index in [1.165, 1.54) is 24.9 Å². The van der Waals surface area contributed by atoms with Crippen LogP contribution < -0.4 is 14.5 Å². The number of fused-ring (bicyclic) bond motifs is 1. The molecule has 1 aromatic carbocycles. The second-order valence-corrected chi connectivity index (χ2v) is 8.50. The topological polar surface area (TPSA) is 62.0 Å². The Bertz CT molecular complexity index is 1020. The van der Waals surface area contributed by atoms with Gasteiger partial charge in [-0.25, -0.2) is 4.98 Å². The molecule has 0 spiro atoms. The number of methoxy groups -OCH3 is 1. The predicted molar refractivity (Wildman–Crippen MR) is 122 cm³/mol. The minimum absolute atomic E-state index is 0.715. The molecule has 8 heteroatoms. The molecule has 0 unspecified atom stereocenters. The zero-order valence-corrected chi connectivity index (χ0v) is 18.5. The molecule has 31 heavy (non-hydrogen) atoms. The highest BCUT2D eigenvalue weighted by Gasteiger charge is 2.21. The standard InChI is InChI=1S/C23H31N7O/c1-18-16-22(29-10-4-3-5-11-29)30-23(24-18)25-21(26-30)17-27-12-14-28(15-13-27)19-6-8-20(31-2)9-7-19/h6-9,16H,3-5,10-15,17H2,1-2H3. The van der Waals surface area contributed by atoms with E-state index in [9.17, 15) is 0 Å². The first kappa shape index (κ1) is 20.1. The number of nitrogens with zero attached hydrogens (tertiary/aromatic N) is 7. The quantitative estimate of drug-likeness (QED) is 0.628. The maximum absolute atomic E-state index is 5.27. The molecule has 0 atom stereocenters. The van der Waals surface area contributed by atoms with Gasteiger partial charge >= 0.3 is 0 Å². The van der Waals surface area contributed by atoms with E-state index >= 15 is 0 Å². The number of hydrogen-bond acceptors (Lipinski definition) is 7. The number of piperazine rings is 1. The van der Waals surface area contributed by atoms with Gasteiger partial charge in [0.1, 0.15) is 11.6 Å². The van der Waals surface area contributed by atoms with Crippen LogP contribution in [0, 0.1) is 6.92 Å². The molecule has 0 bridgehead atoms. The molecule has 5 rings (SSSR count). The molecule has 0 saturated carbocycles. The van der Waals surface area contributed by atoms with Gasteiger partial charge in [0, 0.05) is 56.7 Å². The molecular weight excluding hydrogens is 390 g/mol. The Balaban J connectivity index is 1.26. The molecule has 164 valence electrons. The average Bonchev–Trinajstić information content (AvgIpc) is 3.21. The van der Waals surface area contributed by atoms with Gasteiger partial charge in [0.05, 0.1) is 13.7 Å². The number of anilines is 2. The third-order valence-electron chi connectivity index (χ3n) is 6.32. The number of piperidine rings is 1. The van der Waals surface area contributed by atoms with Crippen molar-refractivity contribution in [2.75, 3.05) is 56.2 Å². The van der Waals surface area contributed by atoms with Crippen molar-refractivity contribution in [1.29, 1.82) is 0 Å². The van der Waals surface area contributed by atoms with Gasteiger partial charge < -0.3 is 14.5 Å². The van der Waals surface area contributed by atoms with Gasteiger partial charge in [-0.05, 0) is 50.5 Å². The first-order chi connectivity index (χ1) is 15.2. The Morgan fingerprint density at radius 1 is 0.871 bits per heavy atom. The van der Waals surface area contributed by atoms with Gasteiger partial charge in [-0.1, -0.05) is 0 Å². The Kier molecular flexibility index (Phi) is 5.63. The number of hydrogen-bond donors (Lipinski definition) is 0. The Morgan fingerprint density at radius 3 is 2.32 bits per heavy atom. The van der Waals surface area contributed by atoms with Crippen LogP contribution in [-0.4, -0.2) is 70.9 Å². The van der Waals surface area contributed by atoms with E-state index in [-0.39, 0.29) is 0 Å². The van der Waals surface area contributed by atoms with Crippen LogP contribution >= 0.6 is 0 Å². The van der Waals surface area contributed by atoms with Crippen molar-refractivity contribution in [1.82, 2.24) is 24.5 Å². The molecule has 8 nitrogen and oxygen atoms in total. The molecule has 0 radical (unpaired) electrons. The highest BCUT2D eigenvalue weighted by molar-refractivity contribution is 5.50. The fourth-order valence-corrected chi connectivity index (χ4v) is 4.58. The number of benzene rings is 1. The minimum atomic E-state index is 0.715. The monoisotopic (exact) mass is 421 g/mol. The molecule has 0 N–H and O–H groups in total. The average molecular weight is 422 g/mol. The predicted octanol–water partition coefficient (Wildman–Crippen LogP) is 2.75. The highest BCUT2D eigenvalue weighted by atomic mass is 16.5. The van der Waals surface area contributed by atoms with E-state index in [0.29, 0.717) is 5.78 Å². The van der Waals surface area contributed by atoms with E-state index in [0.717, 1.165) is 68.9 Å². The molecule has 2 aliphatic rings. The van der Waals surface area contributed by atoms with Gasteiger partial charge in [-0.3, -0.25) is 4.90 Å². The molecule has 2 aliphatic heterocycles. The third kappa shape index (κ3) is 4.30. The summed E-state index contributed by atoms with van der Waals surface area (Å²) in [7, 11) is 1.70. The lowest BCUT2D eigenvalue weighted by Gasteiger charge is -2.35. The van der Waals surface area contributed by atoms with Crippen LogP contribution in [0.1, 0.15) is 30.8 Å². The Hall–Kier alpha value is -2.87. The second-order valence-electron chi connectivity index (χ2n) is 8.50. The highest BCUT2D eigenvalue weighted by Crippen LogP contribution is 2.23. The summed E-state index contributed by atoms with van der Waals surface area (Å²) in [6.45, 7) is 8.95.